The lowest BCUT2D eigenvalue weighted by molar-refractivity contribution is -0.136. The Kier molecular flexibility index (Phi) is 4.84. The van der Waals surface area contributed by atoms with Gasteiger partial charge in [0.1, 0.15) is 0 Å². The van der Waals surface area contributed by atoms with Crippen LogP contribution >= 0.6 is 0 Å². The lowest BCUT2D eigenvalue weighted by atomic mass is 10.4. The van der Waals surface area contributed by atoms with Gasteiger partial charge in [0, 0.05) is 25.5 Å². The third-order valence-corrected chi connectivity index (χ3v) is 1.81. The molecule has 0 aliphatic heterocycles. The van der Waals surface area contributed by atoms with Gasteiger partial charge in [0.15, 0.2) is 0 Å². The molecule has 0 saturated heterocycles. The largest absolute Gasteiger partial charge is 0.481 e. The van der Waals surface area contributed by atoms with E-state index in [9.17, 15) is 9.59 Å². The first kappa shape index (κ1) is 12.0. The van der Waals surface area contributed by atoms with Crippen LogP contribution in [-0.2, 0) is 11.3 Å². The number of urea groups is 1. The van der Waals surface area contributed by atoms with Gasteiger partial charge in [-0.05, 0) is 6.07 Å². The Morgan fingerprint density at radius 3 is 2.69 bits per heavy atom. The summed E-state index contributed by atoms with van der Waals surface area (Å²) in [7, 11) is 0. The van der Waals surface area contributed by atoms with Crippen LogP contribution < -0.4 is 10.6 Å². The normalized spacial score (nSPS) is 9.75. The summed E-state index contributed by atoms with van der Waals surface area (Å²) >= 11 is 0. The maximum Gasteiger partial charge on any atom is 0.314 e. The van der Waals surface area contributed by atoms with Gasteiger partial charge in [-0.15, -0.1) is 0 Å². The van der Waals surface area contributed by atoms with Crippen LogP contribution in [0.25, 0.3) is 0 Å². The van der Waals surface area contributed by atoms with Crippen molar-refractivity contribution in [1.82, 2.24) is 20.4 Å². The summed E-state index contributed by atoms with van der Waals surface area (Å²) in [5.74, 6) is -0.933. The van der Waals surface area contributed by atoms with Gasteiger partial charge < -0.3 is 15.7 Å². The molecule has 0 aliphatic rings. The molecule has 0 unspecified atom stereocenters. The molecule has 0 saturated carbocycles. The first-order chi connectivity index (χ1) is 7.68. The highest BCUT2D eigenvalue weighted by molar-refractivity contribution is 5.74. The maximum absolute atomic E-state index is 11.1. The van der Waals surface area contributed by atoms with Crippen molar-refractivity contribution in [3.8, 4) is 0 Å². The molecule has 1 aromatic rings. The monoisotopic (exact) mass is 226 g/mol. The van der Waals surface area contributed by atoms with Crippen LogP contribution in [0.2, 0.25) is 0 Å². The maximum atomic E-state index is 11.1. The number of carbonyl (C=O) groups excluding carboxylic acids is 1. The molecule has 1 aromatic heterocycles. The summed E-state index contributed by atoms with van der Waals surface area (Å²) < 4.78 is 1.69. The average Bonchev–Trinajstić information content (AvgIpc) is 2.70. The van der Waals surface area contributed by atoms with Gasteiger partial charge in [0.25, 0.3) is 0 Å². The van der Waals surface area contributed by atoms with Crippen molar-refractivity contribution in [2.75, 3.05) is 13.1 Å². The van der Waals surface area contributed by atoms with Crippen molar-refractivity contribution in [1.29, 1.82) is 0 Å². The number of amides is 2. The van der Waals surface area contributed by atoms with E-state index in [1.807, 2.05) is 0 Å². The molecule has 0 fully saturated rings. The van der Waals surface area contributed by atoms with Gasteiger partial charge in [0.05, 0.1) is 13.0 Å². The first-order valence-corrected chi connectivity index (χ1v) is 4.89. The van der Waals surface area contributed by atoms with Gasteiger partial charge in [0.2, 0.25) is 0 Å². The van der Waals surface area contributed by atoms with Gasteiger partial charge in [-0.25, -0.2) is 4.79 Å². The second-order valence-corrected chi connectivity index (χ2v) is 3.10. The van der Waals surface area contributed by atoms with Crippen LogP contribution in [0.15, 0.2) is 18.5 Å². The fourth-order valence-electron chi connectivity index (χ4n) is 1.06. The van der Waals surface area contributed by atoms with Gasteiger partial charge in [-0.3, -0.25) is 9.48 Å². The van der Waals surface area contributed by atoms with E-state index in [2.05, 4.69) is 15.7 Å². The highest BCUT2D eigenvalue weighted by Gasteiger charge is 2.01. The zero-order valence-corrected chi connectivity index (χ0v) is 8.72. The highest BCUT2D eigenvalue weighted by Crippen LogP contribution is 1.82. The second kappa shape index (κ2) is 6.44. The van der Waals surface area contributed by atoms with Crippen LogP contribution in [0, 0.1) is 0 Å². The number of aromatic nitrogens is 2. The third-order valence-electron chi connectivity index (χ3n) is 1.81. The molecule has 0 radical (unpaired) electrons. The predicted octanol–water partition coefficient (Wildman–Crippen LogP) is -0.343. The second-order valence-electron chi connectivity index (χ2n) is 3.10. The fourth-order valence-corrected chi connectivity index (χ4v) is 1.06. The molecule has 7 nitrogen and oxygen atoms in total. The van der Waals surface area contributed by atoms with Crippen molar-refractivity contribution in [3.63, 3.8) is 0 Å². The van der Waals surface area contributed by atoms with Gasteiger partial charge in [-0.2, -0.15) is 5.10 Å². The van der Waals surface area contributed by atoms with E-state index in [4.69, 9.17) is 5.11 Å². The van der Waals surface area contributed by atoms with Gasteiger partial charge >= 0.3 is 12.0 Å². The van der Waals surface area contributed by atoms with Crippen molar-refractivity contribution in [3.05, 3.63) is 18.5 Å². The van der Waals surface area contributed by atoms with Crippen LogP contribution in [0.3, 0.4) is 0 Å². The Morgan fingerprint density at radius 2 is 2.06 bits per heavy atom. The Labute approximate surface area is 92.4 Å². The zero-order valence-electron chi connectivity index (χ0n) is 8.72. The van der Waals surface area contributed by atoms with Crippen LogP contribution in [-0.4, -0.2) is 40.0 Å². The van der Waals surface area contributed by atoms with Crippen molar-refractivity contribution < 1.29 is 14.7 Å². The molecule has 88 valence electrons. The topological polar surface area (TPSA) is 96.3 Å². The molecule has 0 bridgehead atoms. The quantitative estimate of drug-likeness (QED) is 0.618. The van der Waals surface area contributed by atoms with Crippen molar-refractivity contribution in [2.45, 2.75) is 13.0 Å². The number of carboxylic acid groups (broad SMARTS) is 1. The third kappa shape index (κ3) is 4.99. The number of carboxylic acids is 1. The Balaban J connectivity index is 2.04. The van der Waals surface area contributed by atoms with Gasteiger partial charge in [-0.1, -0.05) is 0 Å². The lowest BCUT2D eigenvalue weighted by Crippen LogP contribution is -2.38. The van der Waals surface area contributed by atoms with E-state index >= 15 is 0 Å². The number of rotatable bonds is 6. The summed E-state index contributed by atoms with van der Waals surface area (Å²) in [5.41, 5.74) is 0. The molecule has 16 heavy (non-hydrogen) atoms. The minimum atomic E-state index is -0.933. The molecule has 0 aliphatic carbocycles. The van der Waals surface area contributed by atoms with Crippen LogP contribution in [0.5, 0.6) is 0 Å². The van der Waals surface area contributed by atoms with Crippen molar-refractivity contribution >= 4 is 12.0 Å². The molecular formula is C9H14N4O3. The Hall–Kier alpha value is -2.05. The number of nitrogens with zero attached hydrogens (tertiary/aromatic N) is 2. The van der Waals surface area contributed by atoms with E-state index in [1.165, 1.54) is 0 Å². The van der Waals surface area contributed by atoms with Crippen LogP contribution in [0.4, 0.5) is 4.79 Å². The minimum Gasteiger partial charge on any atom is -0.481 e. The van der Waals surface area contributed by atoms with E-state index in [-0.39, 0.29) is 19.0 Å². The molecule has 3 N–H and O–H groups in total. The molecule has 0 spiro atoms. The summed E-state index contributed by atoms with van der Waals surface area (Å²) in [5, 5.41) is 17.3. The van der Waals surface area contributed by atoms with E-state index < -0.39 is 5.97 Å². The number of hydrogen-bond donors (Lipinski definition) is 3. The Bertz CT molecular complexity index is 337. The zero-order chi connectivity index (χ0) is 11.8. The minimum absolute atomic E-state index is 0.0768. The molecule has 0 atom stereocenters. The van der Waals surface area contributed by atoms with E-state index in [0.29, 0.717) is 13.1 Å². The molecule has 1 heterocycles. The lowest BCUT2D eigenvalue weighted by Gasteiger charge is -2.06. The number of nitrogens with one attached hydrogen (secondary N) is 2. The molecule has 7 heteroatoms. The van der Waals surface area contributed by atoms with E-state index in [0.717, 1.165) is 0 Å². The van der Waals surface area contributed by atoms with Crippen molar-refractivity contribution in [2.24, 2.45) is 0 Å². The Morgan fingerprint density at radius 1 is 1.31 bits per heavy atom. The summed E-state index contributed by atoms with van der Waals surface area (Å²) in [6, 6.07) is 1.43. The molecule has 1 rings (SSSR count). The smallest absolute Gasteiger partial charge is 0.314 e. The SMILES string of the molecule is O=C(O)CCNC(=O)NCCn1cccn1. The average molecular weight is 226 g/mol. The predicted molar refractivity (Wildman–Crippen MR) is 55.9 cm³/mol. The highest BCUT2D eigenvalue weighted by atomic mass is 16.4. The van der Waals surface area contributed by atoms with Crippen LogP contribution in [0.1, 0.15) is 6.42 Å². The number of aliphatic carboxylic acids is 1. The number of hydrogen-bond acceptors (Lipinski definition) is 3. The fraction of sp³-hybridized carbons (Fsp3) is 0.444. The number of carbonyl (C=O) groups is 2. The molecule has 2 amide bonds. The van der Waals surface area contributed by atoms with E-state index in [1.54, 1.807) is 23.1 Å². The first-order valence-electron chi connectivity index (χ1n) is 4.89. The molecular weight excluding hydrogens is 212 g/mol. The standard InChI is InChI=1S/C9H14N4O3/c14-8(15)2-4-10-9(16)11-5-7-13-6-1-3-12-13/h1,3,6H,2,4-5,7H2,(H,14,15)(H2,10,11,16). The summed E-state index contributed by atoms with van der Waals surface area (Å²) in [6.07, 6.45) is 3.38. The summed E-state index contributed by atoms with van der Waals surface area (Å²) in [6.45, 7) is 1.16. The molecule has 0 aromatic carbocycles. The summed E-state index contributed by atoms with van der Waals surface area (Å²) in [4.78, 5) is 21.3.